The zero-order chi connectivity index (χ0) is 15.2. The molecule has 0 bridgehead atoms. The molecule has 0 heterocycles. The first kappa shape index (κ1) is 15.0. The molecule has 5 heteroatoms. The van der Waals surface area contributed by atoms with E-state index in [9.17, 15) is 10.2 Å². The van der Waals surface area contributed by atoms with Crippen LogP contribution in [0.4, 0.5) is 0 Å². The number of hydrogen-bond acceptors (Lipinski definition) is 5. The zero-order valence-electron chi connectivity index (χ0n) is 11.9. The van der Waals surface area contributed by atoms with E-state index in [0.717, 1.165) is 0 Å². The average molecular weight is 289 g/mol. The van der Waals surface area contributed by atoms with E-state index < -0.39 is 6.10 Å². The summed E-state index contributed by atoms with van der Waals surface area (Å²) in [5.41, 5.74) is 0.557. The van der Waals surface area contributed by atoms with Gasteiger partial charge in [0.25, 0.3) is 0 Å². The van der Waals surface area contributed by atoms with Crippen molar-refractivity contribution >= 4 is 0 Å². The van der Waals surface area contributed by atoms with Gasteiger partial charge in [0.15, 0.2) is 11.5 Å². The second-order valence-electron chi connectivity index (χ2n) is 4.39. The molecule has 0 radical (unpaired) electrons. The lowest BCUT2D eigenvalue weighted by Crippen LogP contribution is -2.10. The van der Waals surface area contributed by atoms with Gasteiger partial charge in [0, 0.05) is 0 Å². The molecule has 21 heavy (non-hydrogen) atoms. The van der Waals surface area contributed by atoms with Gasteiger partial charge in [-0.1, -0.05) is 30.0 Å². The Bertz CT molecular complexity index is 597. The van der Waals surface area contributed by atoms with E-state index in [0.29, 0.717) is 17.1 Å². The molecule has 5 nitrogen and oxygen atoms in total. The summed E-state index contributed by atoms with van der Waals surface area (Å²) in [6.07, 6.45) is -0.871. The van der Waals surface area contributed by atoms with Gasteiger partial charge >= 0.3 is 0 Å². The maximum atomic E-state index is 11.4. The van der Waals surface area contributed by atoms with Crippen LogP contribution in [0.3, 0.4) is 0 Å². The van der Waals surface area contributed by atoms with Gasteiger partial charge in [-0.2, -0.15) is 0 Å². The molecule has 0 aliphatic rings. The molecular weight excluding hydrogens is 272 g/mol. The first-order chi connectivity index (χ1) is 10.2. The monoisotopic (exact) mass is 289 g/mol. The highest BCUT2D eigenvalue weighted by atomic mass is 16.5. The van der Waals surface area contributed by atoms with Crippen LogP contribution >= 0.6 is 0 Å². The van der Waals surface area contributed by atoms with Gasteiger partial charge in [-0.15, -0.1) is 0 Å². The summed E-state index contributed by atoms with van der Waals surface area (Å²) in [5, 5.41) is 21.6. The van der Waals surface area contributed by atoms with Gasteiger partial charge in [-0.25, -0.2) is 0 Å². The van der Waals surface area contributed by atoms with Gasteiger partial charge < -0.3 is 24.4 Å². The lowest BCUT2D eigenvalue weighted by atomic mass is 10.1. The van der Waals surface area contributed by atoms with E-state index in [4.69, 9.17) is 14.2 Å². The SMILES string of the molecule is COc1cc(C(O)COc2ccccc2OC)ccc1[O-]. The topological polar surface area (TPSA) is 71.0 Å². The van der Waals surface area contributed by atoms with Crippen molar-refractivity contribution in [2.24, 2.45) is 0 Å². The minimum atomic E-state index is -0.871. The Morgan fingerprint density at radius 3 is 2.33 bits per heavy atom. The molecule has 2 rings (SSSR count). The van der Waals surface area contributed by atoms with Gasteiger partial charge in [-0.05, 0) is 23.8 Å². The van der Waals surface area contributed by atoms with Crippen LogP contribution in [0.25, 0.3) is 0 Å². The Kier molecular flexibility index (Phi) is 4.90. The summed E-state index contributed by atoms with van der Waals surface area (Å²) in [7, 11) is 2.97. The maximum absolute atomic E-state index is 11.4. The highest BCUT2D eigenvalue weighted by Crippen LogP contribution is 2.29. The van der Waals surface area contributed by atoms with Crippen molar-refractivity contribution in [1.29, 1.82) is 0 Å². The first-order valence-electron chi connectivity index (χ1n) is 6.44. The summed E-state index contributed by atoms with van der Waals surface area (Å²) in [6, 6.07) is 11.6. The highest BCUT2D eigenvalue weighted by Gasteiger charge is 2.11. The summed E-state index contributed by atoms with van der Waals surface area (Å²) in [6.45, 7) is 0.0434. The van der Waals surface area contributed by atoms with Crippen molar-refractivity contribution in [3.05, 3.63) is 48.0 Å². The van der Waals surface area contributed by atoms with Crippen LogP contribution in [0.1, 0.15) is 11.7 Å². The molecule has 1 atom stereocenters. The van der Waals surface area contributed by atoms with E-state index >= 15 is 0 Å². The van der Waals surface area contributed by atoms with Crippen molar-refractivity contribution in [2.75, 3.05) is 20.8 Å². The average Bonchev–Trinajstić information content (AvgIpc) is 2.53. The third-order valence-electron chi connectivity index (χ3n) is 3.04. The van der Waals surface area contributed by atoms with Crippen LogP contribution in [0.2, 0.25) is 0 Å². The Labute approximate surface area is 123 Å². The molecule has 1 N–H and O–H groups in total. The van der Waals surface area contributed by atoms with Gasteiger partial charge in [0.1, 0.15) is 18.5 Å². The number of para-hydroxylation sites is 2. The summed E-state index contributed by atoms with van der Waals surface area (Å²) in [5.74, 6) is 1.12. The maximum Gasteiger partial charge on any atom is 0.161 e. The van der Waals surface area contributed by atoms with Crippen LogP contribution in [0.5, 0.6) is 23.0 Å². The predicted octanol–water partition coefficient (Wildman–Crippen LogP) is 1.89. The highest BCUT2D eigenvalue weighted by molar-refractivity contribution is 5.42. The summed E-state index contributed by atoms with van der Waals surface area (Å²) in [4.78, 5) is 0. The fourth-order valence-electron chi connectivity index (χ4n) is 1.89. The van der Waals surface area contributed by atoms with E-state index in [1.165, 1.54) is 19.2 Å². The number of aliphatic hydroxyl groups excluding tert-OH is 1. The van der Waals surface area contributed by atoms with Crippen molar-refractivity contribution in [1.82, 2.24) is 0 Å². The number of methoxy groups -OCH3 is 2. The molecular formula is C16H17O5-. The van der Waals surface area contributed by atoms with Crippen molar-refractivity contribution < 1.29 is 24.4 Å². The number of rotatable bonds is 6. The normalized spacial score (nSPS) is 11.8. The van der Waals surface area contributed by atoms with Crippen molar-refractivity contribution in [3.63, 3.8) is 0 Å². The molecule has 1 unspecified atom stereocenters. The Balaban J connectivity index is 2.06. The lowest BCUT2D eigenvalue weighted by Gasteiger charge is -2.17. The Morgan fingerprint density at radius 2 is 1.67 bits per heavy atom. The lowest BCUT2D eigenvalue weighted by molar-refractivity contribution is -0.270. The first-order valence-corrected chi connectivity index (χ1v) is 6.44. The molecule has 2 aromatic carbocycles. The van der Waals surface area contributed by atoms with Gasteiger partial charge in [0.2, 0.25) is 0 Å². The molecule has 0 aliphatic carbocycles. The van der Waals surface area contributed by atoms with Gasteiger partial charge in [-0.3, -0.25) is 0 Å². The molecule has 112 valence electrons. The predicted molar refractivity (Wildman–Crippen MR) is 75.9 cm³/mol. The minimum Gasteiger partial charge on any atom is -0.870 e. The number of aliphatic hydroxyl groups is 1. The second-order valence-corrected chi connectivity index (χ2v) is 4.39. The molecule has 0 fully saturated rings. The second kappa shape index (κ2) is 6.85. The van der Waals surface area contributed by atoms with Gasteiger partial charge in [0.05, 0.1) is 14.2 Å². The fraction of sp³-hybridized carbons (Fsp3) is 0.250. The summed E-state index contributed by atoms with van der Waals surface area (Å²) < 4.78 is 15.7. The summed E-state index contributed by atoms with van der Waals surface area (Å²) >= 11 is 0. The van der Waals surface area contributed by atoms with Crippen LogP contribution < -0.4 is 19.3 Å². The Morgan fingerprint density at radius 1 is 1.00 bits per heavy atom. The molecule has 0 saturated carbocycles. The quantitative estimate of drug-likeness (QED) is 0.879. The molecule has 0 spiro atoms. The fourth-order valence-corrected chi connectivity index (χ4v) is 1.89. The van der Waals surface area contributed by atoms with E-state index in [1.807, 2.05) is 12.1 Å². The smallest absolute Gasteiger partial charge is 0.161 e. The van der Waals surface area contributed by atoms with Crippen LogP contribution in [0, 0.1) is 0 Å². The molecule has 0 aromatic heterocycles. The van der Waals surface area contributed by atoms with E-state index in [-0.39, 0.29) is 18.1 Å². The zero-order valence-corrected chi connectivity index (χ0v) is 11.9. The molecule has 0 aliphatic heterocycles. The molecule has 0 saturated heterocycles. The van der Waals surface area contributed by atoms with Crippen molar-refractivity contribution in [2.45, 2.75) is 6.10 Å². The third kappa shape index (κ3) is 3.58. The van der Waals surface area contributed by atoms with E-state index in [2.05, 4.69) is 0 Å². The standard InChI is InChI=1S/C16H18O5/c1-19-14-5-3-4-6-15(14)21-10-13(18)11-7-8-12(17)16(9-11)20-2/h3-9,13,17-18H,10H2,1-2H3/p-1. The third-order valence-corrected chi connectivity index (χ3v) is 3.04. The number of benzene rings is 2. The van der Waals surface area contributed by atoms with Crippen LogP contribution in [0.15, 0.2) is 42.5 Å². The largest absolute Gasteiger partial charge is 0.870 e. The molecule has 0 amide bonds. The van der Waals surface area contributed by atoms with Crippen molar-refractivity contribution in [3.8, 4) is 23.0 Å². The molecule has 2 aromatic rings. The minimum absolute atomic E-state index is 0.0434. The number of hydrogen-bond donors (Lipinski definition) is 1. The van der Waals surface area contributed by atoms with Crippen LogP contribution in [-0.4, -0.2) is 25.9 Å². The van der Waals surface area contributed by atoms with E-state index in [1.54, 1.807) is 25.3 Å². The van der Waals surface area contributed by atoms with Crippen LogP contribution in [-0.2, 0) is 0 Å². The Hall–Kier alpha value is -2.40. The number of ether oxygens (including phenoxy) is 3.